The third-order valence-corrected chi connectivity index (χ3v) is 8.48. The van der Waals surface area contributed by atoms with Crippen LogP contribution in [0.4, 0.5) is 10.2 Å². The molecule has 4 aromatic rings. The number of ether oxygens (including phenoxy) is 1. The number of hydrogen-bond donors (Lipinski definition) is 2. The van der Waals surface area contributed by atoms with E-state index in [1.807, 2.05) is 32.0 Å². The maximum Gasteiger partial charge on any atom is 0.252 e. The third kappa shape index (κ3) is 6.22. The molecule has 2 aromatic carbocycles. The number of nitrogens with two attached hydrogens (primary N) is 1. The minimum Gasteiger partial charge on any atom is -0.457 e. The lowest BCUT2D eigenvalue weighted by molar-refractivity contribution is -0.128. The average molecular weight is 610 g/mol. The van der Waals surface area contributed by atoms with Gasteiger partial charge in [-0.25, -0.2) is 23.9 Å². The van der Waals surface area contributed by atoms with Gasteiger partial charge in [0, 0.05) is 56.4 Å². The Morgan fingerprint density at radius 3 is 2.64 bits per heavy atom. The van der Waals surface area contributed by atoms with Gasteiger partial charge < -0.3 is 20.7 Å². The summed E-state index contributed by atoms with van der Waals surface area (Å²) in [5.41, 5.74) is 6.98. The van der Waals surface area contributed by atoms with E-state index in [1.165, 1.54) is 12.4 Å². The van der Waals surface area contributed by atoms with Gasteiger partial charge in [0.05, 0.1) is 18.0 Å². The van der Waals surface area contributed by atoms with Crippen molar-refractivity contribution in [1.29, 1.82) is 0 Å². The molecule has 0 radical (unpaired) electrons. The molecule has 0 aliphatic carbocycles. The number of para-hydroxylation sites is 1. The van der Waals surface area contributed by atoms with Gasteiger partial charge in [-0.2, -0.15) is 5.10 Å². The summed E-state index contributed by atoms with van der Waals surface area (Å²) >= 11 is 0. The van der Waals surface area contributed by atoms with Crippen molar-refractivity contribution in [3.63, 3.8) is 0 Å². The first-order chi connectivity index (χ1) is 21.7. The SMILES string of the molecule is [C-]#[N+]/C(=C/C(C)(C)N1CCNCC1)C(=O)N1CCC[C@@H](n2nc(-c3ccc(Oc4ccccc4)cc3F)c3c(N)ncnc32)C1. The molecule has 2 saturated heterocycles. The highest BCUT2D eigenvalue weighted by Crippen LogP contribution is 2.36. The molecule has 1 amide bonds. The Labute approximate surface area is 261 Å². The second-order valence-corrected chi connectivity index (χ2v) is 11.9. The second kappa shape index (κ2) is 12.6. The predicted octanol–water partition coefficient (Wildman–Crippen LogP) is 4.66. The number of rotatable bonds is 7. The average Bonchev–Trinajstić information content (AvgIpc) is 3.45. The quantitative estimate of drug-likeness (QED) is 0.230. The van der Waals surface area contributed by atoms with Gasteiger partial charge >= 0.3 is 0 Å². The summed E-state index contributed by atoms with van der Waals surface area (Å²) in [4.78, 5) is 30.0. The molecule has 2 aromatic heterocycles. The van der Waals surface area contributed by atoms with Crippen molar-refractivity contribution in [2.75, 3.05) is 45.0 Å². The van der Waals surface area contributed by atoms with Crippen LogP contribution in [-0.2, 0) is 4.79 Å². The van der Waals surface area contributed by atoms with Crippen LogP contribution in [0, 0.1) is 12.4 Å². The highest BCUT2D eigenvalue weighted by Gasteiger charge is 2.33. The molecule has 2 fully saturated rings. The summed E-state index contributed by atoms with van der Waals surface area (Å²) in [6.45, 7) is 16.2. The van der Waals surface area contributed by atoms with Crippen LogP contribution in [0.5, 0.6) is 11.5 Å². The van der Waals surface area contributed by atoms with Gasteiger partial charge in [0.2, 0.25) is 5.70 Å². The first kappa shape index (κ1) is 30.2. The van der Waals surface area contributed by atoms with Crippen molar-refractivity contribution in [1.82, 2.24) is 34.9 Å². The summed E-state index contributed by atoms with van der Waals surface area (Å²) in [6, 6.07) is 13.5. The molecule has 3 N–H and O–H groups in total. The number of halogens is 1. The van der Waals surface area contributed by atoms with Crippen LogP contribution in [0.2, 0.25) is 0 Å². The standard InChI is InChI=1S/C33H36FN9O2/c1-33(2,42-16-13-37-14-17-42)19-27(36-3)32(44)41-15-7-8-22(20-41)43-31-28(30(35)38-21-39-31)29(40-43)25-12-11-24(18-26(25)34)45-23-9-5-4-6-10-23/h4-6,9-12,18-19,21-22,37H,7-8,13-17,20H2,1-2H3,(H2,35,38,39)/b27-19+/t22-/m1/s1. The number of likely N-dealkylation sites (tertiary alicyclic amines) is 1. The predicted molar refractivity (Wildman–Crippen MR) is 170 cm³/mol. The van der Waals surface area contributed by atoms with E-state index >= 15 is 4.39 Å². The maximum absolute atomic E-state index is 15.6. The Bertz CT molecular complexity index is 1770. The van der Waals surface area contributed by atoms with E-state index in [0.29, 0.717) is 47.7 Å². The highest BCUT2D eigenvalue weighted by atomic mass is 19.1. The summed E-state index contributed by atoms with van der Waals surface area (Å²) in [5, 5.41) is 8.61. The zero-order valence-electron chi connectivity index (χ0n) is 25.4. The van der Waals surface area contributed by atoms with Crippen LogP contribution in [0.3, 0.4) is 0 Å². The number of piperazine rings is 1. The smallest absolute Gasteiger partial charge is 0.252 e. The van der Waals surface area contributed by atoms with Crippen molar-refractivity contribution in [3.8, 4) is 22.8 Å². The molecule has 2 aliphatic rings. The van der Waals surface area contributed by atoms with E-state index in [2.05, 4.69) is 25.0 Å². The third-order valence-electron chi connectivity index (χ3n) is 8.48. The number of aromatic nitrogens is 4. The van der Waals surface area contributed by atoms with Gasteiger partial charge in [-0.05, 0) is 51.0 Å². The number of nitrogens with one attached hydrogen (secondary N) is 1. The number of fused-ring (bicyclic) bond motifs is 1. The van der Waals surface area contributed by atoms with Gasteiger partial charge in [0.15, 0.2) is 5.65 Å². The van der Waals surface area contributed by atoms with Crippen molar-refractivity contribution in [3.05, 3.63) is 83.9 Å². The Kier molecular flexibility index (Phi) is 8.47. The molecule has 0 spiro atoms. The number of carbonyl (C=O) groups excluding carboxylic acids is 1. The van der Waals surface area contributed by atoms with Gasteiger partial charge in [-0.15, -0.1) is 0 Å². The zero-order chi connectivity index (χ0) is 31.6. The molecule has 12 heteroatoms. The number of amides is 1. The summed E-state index contributed by atoms with van der Waals surface area (Å²) in [7, 11) is 0. The molecule has 232 valence electrons. The van der Waals surface area contributed by atoms with E-state index < -0.39 is 11.4 Å². The fraction of sp³-hybridized carbons (Fsp3) is 0.364. The van der Waals surface area contributed by atoms with E-state index in [1.54, 1.807) is 39.9 Å². The number of nitrogen functional groups attached to an aromatic ring is 1. The number of piperidine rings is 1. The number of hydrogen-bond acceptors (Lipinski definition) is 8. The summed E-state index contributed by atoms with van der Waals surface area (Å²) < 4.78 is 23.1. The summed E-state index contributed by atoms with van der Waals surface area (Å²) in [5.74, 6) is 0.293. The van der Waals surface area contributed by atoms with Crippen molar-refractivity contribution >= 4 is 22.8 Å². The Morgan fingerprint density at radius 1 is 1.13 bits per heavy atom. The van der Waals surface area contributed by atoms with Crippen molar-refractivity contribution in [2.24, 2.45) is 0 Å². The summed E-state index contributed by atoms with van der Waals surface area (Å²) in [6.07, 6.45) is 4.58. The lowest BCUT2D eigenvalue weighted by Gasteiger charge is -2.40. The topological polar surface area (TPSA) is 119 Å². The van der Waals surface area contributed by atoms with Gasteiger partial charge in [0.1, 0.15) is 35.2 Å². The van der Waals surface area contributed by atoms with Crippen molar-refractivity contribution in [2.45, 2.75) is 38.3 Å². The van der Waals surface area contributed by atoms with Gasteiger partial charge in [0.25, 0.3) is 5.91 Å². The molecule has 0 saturated carbocycles. The molecule has 6 rings (SSSR count). The van der Waals surface area contributed by atoms with Crippen LogP contribution >= 0.6 is 0 Å². The first-order valence-electron chi connectivity index (χ1n) is 15.1. The van der Waals surface area contributed by atoms with Gasteiger partial charge in [-0.1, -0.05) is 24.3 Å². The number of benzene rings is 2. The van der Waals surface area contributed by atoms with Crippen LogP contribution in [-0.4, -0.2) is 80.3 Å². The zero-order valence-corrected chi connectivity index (χ0v) is 25.4. The Balaban J connectivity index is 1.28. The van der Waals surface area contributed by atoms with Crippen LogP contribution in [0.25, 0.3) is 27.1 Å². The fourth-order valence-electron chi connectivity index (χ4n) is 6.12. The monoisotopic (exact) mass is 609 g/mol. The molecule has 4 heterocycles. The lowest BCUT2D eigenvalue weighted by Crippen LogP contribution is -2.52. The largest absolute Gasteiger partial charge is 0.457 e. The van der Waals surface area contributed by atoms with Crippen LogP contribution < -0.4 is 15.8 Å². The van der Waals surface area contributed by atoms with E-state index in [4.69, 9.17) is 22.1 Å². The minimum absolute atomic E-state index is 0.108. The molecule has 2 aliphatic heterocycles. The van der Waals surface area contributed by atoms with Crippen molar-refractivity contribution < 1.29 is 13.9 Å². The van der Waals surface area contributed by atoms with E-state index in [-0.39, 0.29) is 29.0 Å². The number of anilines is 1. The van der Waals surface area contributed by atoms with E-state index in [9.17, 15) is 4.79 Å². The van der Waals surface area contributed by atoms with Crippen LogP contribution in [0.15, 0.2) is 66.6 Å². The molecule has 1 atom stereocenters. The lowest BCUT2D eigenvalue weighted by atomic mass is 9.99. The Morgan fingerprint density at radius 2 is 1.91 bits per heavy atom. The van der Waals surface area contributed by atoms with Gasteiger partial charge in [-0.3, -0.25) is 9.69 Å². The maximum atomic E-state index is 15.6. The molecular formula is C33H36FN9O2. The minimum atomic E-state index is -0.530. The van der Waals surface area contributed by atoms with Crippen LogP contribution in [0.1, 0.15) is 32.7 Å². The highest BCUT2D eigenvalue weighted by molar-refractivity contribution is 5.98. The molecular weight excluding hydrogens is 573 g/mol. The molecule has 0 unspecified atom stereocenters. The Hall–Kier alpha value is -4.86. The first-order valence-corrected chi connectivity index (χ1v) is 15.1. The molecule has 11 nitrogen and oxygen atoms in total. The molecule has 45 heavy (non-hydrogen) atoms. The van der Waals surface area contributed by atoms with E-state index in [0.717, 1.165) is 32.6 Å². The molecule has 0 bridgehead atoms. The number of carbonyl (C=O) groups is 1. The fourth-order valence-corrected chi connectivity index (χ4v) is 6.12. The normalized spacial score (nSPS) is 18.1. The second-order valence-electron chi connectivity index (χ2n) is 11.9. The number of nitrogens with zero attached hydrogens (tertiary/aromatic N) is 7.